The third kappa shape index (κ3) is 2.35. The van der Waals surface area contributed by atoms with Gasteiger partial charge in [0, 0.05) is 6.07 Å². The van der Waals surface area contributed by atoms with Gasteiger partial charge in [0.2, 0.25) is 5.89 Å². The summed E-state index contributed by atoms with van der Waals surface area (Å²) in [6, 6.07) is 8.01. The first-order chi connectivity index (χ1) is 9.99. The minimum absolute atomic E-state index is 0.0519. The smallest absolute Gasteiger partial charge is 0.235 e. The molecule has 2 aromatic carbocycles. The molecule has 0 atom stereocenters. The molecule has 0 saturated heterocycles. The van der Waals surface area contributed by atoms with Crippen molar-refractivity contribution < 1.29 is 9.52 Å². The van der Waals surface area contributed by atoms with Crippen LogP contribution >= 0.6 is 34.8 Å². The highest BCUT2D eigenvalue weighted by atomic mass is 35.5. The average Bonchev–Trinajstić information content (AvgIpc) is 2.85. The average molecular weight is 343 g/mol. The van der Waals surface area contributed by atoms with Gasteiger partial charge in [-0.2, -0.15) is 0 Å². The lowest BCUT2D eigenvalue weighted by Gasteiger charge is -1.97. The zero-order valence-electron chi connectivity index (χ0n) is 10.2. The molecule has 0 aliphatic rings. The number of rotatable bonds is 1. The summed E-state index contributed by atoms with van der Waals surface area (Å²) in [5, 5.41) is 9.73. The highest BCUT2D eigenvalue weighted by Gasteiger charge is 2.20. The molecule has 106 valence electrons. The zero-order valence-corrected chi connectivity index (χ0v) is 12.5. The topological polar surface area (TPSA) is 63.3 Å². The second-order valence-corrected chi connectivity index (χ2v) is 5.36. The van der Waals surface area contributed by atoms with E-state index in [4.69, 9.17) is 39.2 Å². The van der Waals surface area contributed by atoms with Crippen molar-refractivity contribution in [2.24, 2.45) is 0 Å². The summed E-state index contributed by atoms with van der Waals surface area (Å²) in [4.78, 5) is 16.3. The van der Waals surface area contributed by atoms with Crippen LogP contribution in [0.15, 0.2) is 39.5 Å². The van der Waals surface area contributed by atoms with Gasteiger partial charge in [-0.25, -0.2) is 4.98 Å². The summed E-state index contributed by atoms with van der Waals surface area (Å²) in [5.74, 6) is -0.575. The molecule has 0 aliphatic heterocycles. The van der Waals surface area contributed by atoms with Crippen LogP contribution in [0.5, 0.6) is 5.75 Å². The number of nitrogens with zero attached hydrogens (tertiary/aromatic N) is 1. The standard InChI is InChI=1S/C14H6Cl3NO3/c15-6-5-8(19)10(13(20)12(17)11(6)16)14-18-7-3-1-2-4-9(7)21-14/h1-5,20H. The molecular weight excluding hydrogens is 337 g/mol. The molecular formula is C14H6Cl3NO3. The minimum Gasteiger partial charge on any atom is -0.505 e. The Balaban J connectivity index is 2.40. The van der Waals surface area contributed by atoms with Crippen LogP contribution in [0, 0.1) is 0 Å². The van der Waals surface area contributed by atoms with Crippen LogP contribution < -0.4 is 5.43 Å². The SMILES string of the molecule is O=c1cc(Cl)c(Cl)c(Cl)c(O)c1-c1nc2ccccc2o1. The van der Waals surface area contributed by atoms with Gasteiger partial charge in [-0.15, -0.1) is 0 Å². The molecule has 0 fully saturated rings. The third-order valence-corrected chi connectivity index (χ3v) is 4.11. The monoisotopic (exact) mass is 341 g/mol. The van der Waals surface area contributed by atoms with Gasteiger partial charge in [0.25, 0.3) is 0 Å². The maximum absolute atomic E-state index is 12.2. The molecule has 3 rings (SSSR count). The molecule has 0 spiro atoms. The predicted molar refractivity (Wildman–Crippen MR) is 82.4 cm³/mol. The van der Waals surface area contributed by atoms with Crippen LogP contribution in [-0.4, -0.2) is 10.1 Å². The van der Waals surface area contributed by atoms with Crippen LogP contribution in [0.3, 0.4) is 0 Å². The first-order valence-electron chi connectivity index (χ1n) is 5.75. The number of aromatic hydroxyl groups is 1. The number of para-hydroxylation sites is 2. The Morgan fingerprint density at radius 3 is 2.52 bits per heavy atom. The van der Waals surface area contributed by atoms with Gasteiger partial charge in [-0.1, -0.05) is 46.9 Å². The van der Waals surface area contributed by atoms with Gasteiger partial charge in [-0.05, 0) is 12.1 Å². The van der Waals surface area contributed by atoms with E-state index in [-0.39, 0.29) is 26.5 Å². The van der Waals surface area contributed by atoms with Crippen LogP contribution in [0.1, 0.15) is 0 Å². The molecule has 4 nitrogen and oxygen atoms in total. The maximum atomic E-state index is 12.2. The number of hydrogen-bond acceptors (Lipinski definition) is 4. The number of fused-ring (bicyclic) bond motifs is 1. The van der Waals surface area contributed by atoms with E-state index >= 15 is 0 Å². The molecule has 0 radical (unpaired) electrons. The lowest BCUT2D eigenvalue weighted by Crippen LogP contribution is -1.99. The Hall–Kier alpha value is -1.75. The van der Waals surface area contributed by atoms with Crippen LogP contribution in [0.4, 0.5) is 0 Å². The Kier molecular flexibility index (Phi) is 3.53. The fourth-order valence-electron chi connectivity index (χ4n) is 1.87. The number of aromatic nitrogens is 1. The van der Waals surface area contributed by atoms with Crippen LogP contribution in [-0.2, 0) is 0 Å². The van der Waals surface area contributed by atoms with Crippen molar-refractivity contribution in [2.75, 3.05) is 0 Å². The van der Waals surface area contributed by atoms with Gasteiger partial charge < -0.3 is 9.52 Å². The van der Waals surface area contributed by atoms with E-state index < -0.39 is 11.2 Å². The highest BCUT2D eigenvalue weighted by Crippen LogP contribution is 2.39. The van der Waals surface area contributed by atoms with E-state index in [1.54, 1.807) is 24.3 Å². The predicted octanol–water partition coefficient (Wildman–Crippen LogP) is 4.52. The largest absolute Gasteiger partial charge is 0.505 e. The Morgan fingerprint density at radius 1 is 1.10 bits per heavy atom. The summed E-state index contributed by atoms with van der Waals surface area (Å²) in [5.41, 5.74) is 0.236. The molecule has 0 bridgehead atoms. The number of oxazole rings is 1. The molecule has 21 heavy (non-hydrogen) atoms. The van der Waals surface area contributed by atoms with E-state index in [0.29, 0.717) is 11.1 Å². The quantitative estimate of drug-likeness (QED) is 0.706. The second kappa shape index (κ2) is 5.22. The Bertz CT molecular complexity index is 888. The molecule has 1 heterocycles. The lowest BCUT2D eigenvalue weighted by molar-refractivity contribution is 0.474. The molecule has 7 heteroatoms. The van der Waals surface area contributed by atoms with E-state index in [2.05, 4.69) is 4.98 Å². The van der Waals surface area contributed by atoms with Crippen molar-refractivity contribution in [3.05, 3.63) is 55.6 Å². The molecule has 0 unspecified atom stereocenters. The Labute approximate surface area is 133 Å². The van der Waals surface area contributed by atoms with E-state index in [9.17, 15) is 9.90 Å². The molecule has 0 saturated carbocycles. The molecule has 1 N–H and O–H groups in total. The normalized spacial score (nSPS) is 11.0. The van der Waals surface area contributed by atoms with Crippen molar-refractivity contribution in [3.63, 3.8) is 0 Å². The fraction of sp³-hybridized carbons (Fsp3) is 0. The summed E-state index contributed by atoms with van der Waals surface area (Å²) >= 11 is 17.6. The van der Waals surface area contributed by atoms with Gasteiger partial charge >= 0.3 is 0 Å². The van der Waals surface area contributed by atoms with Gasteiger partial charge in [-0.3, -0.25) is 4.79 Å². The van der Waals surface area contributed by atoms with Crippen molar-refractivity contribution in [3.8, 4) is 17.2 Å². The van der Waals surface area contributed by atoms with Crippen molar-refractivity contribution in [2.45, 2.75) is 0 Å². The molecule has 3 aromatic rings. The second-order valence-electron chi connectivity index (χ2n) is 4.19. The summed E-state index contributed by atoms with van der Waals surface area (Å²) < 4.78 is 5.48. The summed E-state index contributed by atoms with van der Waals surface area (Å²) in [6.07, 6.45) is 0. The summed E-state index contributed by atoms with van der Waals surface area (Å²) in [7, 11) is 0. The first kappa shape index (κ1) is 14.2. The van der Waals surface area contributed by atoms with E-state index in [1.165, 1.54) is 0 Å². The van der Waals surface area contributed by atoms with Crippen molar-refractivity contribution in [1.82, 2.24) is 4.98 Å². The third-order valence-electron chi connectivity index (χ3n) is 2.86. The van der Waals surface area contributed by atoms with Gasteiger partial charge in [0.05, 0.1) is 10.0 Å². The summed E-state index contributed by atoms with van der Waals surface area (Å²) in [6.45, 7) is 0. The van der Waals surface area contributed by atoms with E-state index in [1.807, 2.05) is 0 Å². The highest BCUT2D eigenvalue weighted by molar-refractivity contribution is 6.48. The molecule has 0 amide bonds. The van der Waals surface area contributed by atoms with Crippen molar-refractivity contribution >= 4 is 45.9 Å². The van der Waals surface area contributed by atoms with Gasteiger partial charge in [0.15, 0.2) is 16.8 Å². The molecule has 1 aromatic heterocycles. The molecule has 0 aliphatic carbocycles. The fourth-order valence-corrected chi connectivity index (χ4v) is 2.45. The van der Waals surface area contributed by atoms with Gasteiger partial charge in [0.1, 0.15) is 16.1 Å². The minimum atomic E-state index is -0.599. The number of halogens is 3. The van der Waals surface area contributed by atoms with Crippen molar-refractivity contribution in [1.29, 1.82) is 0 Å². The zero-order chi connectivity index (χ0) is 15.1. The van der Waals surface area contributed by atoms with E-state index in [0.717, 1.165) is 6.07 Å². The number of benzene rings is 1. The maximum Gasteiger partial charge on any atom is 0.235 e. The number of hydrogen-bond donors (Lipinski definition) is 1. The Morgan fingerprint density at radius 2 is 1.81 bits per heavy atom. The van der Waals surface area contributed by atoms with Crippen LogP contribution in [0.2, 0.25) is 15.1 Å². The lowest BCUT2D eigenvalue weighted by atomic mass is 10.2. The van der Waals surface area contributed by atoms with Crippen LogP contribution in [0.25, 0.3) is 22.6 Å². The first-order valence-corrected chi connectivity index (χ1v) is 6.89.